The summed E-state index contributed by atoms with van der Waals surface area (Å²) in [6.45, 7) is 5.17. The highest BCUT2D eigenvalue weighted by molar-refractivity contribution is 8.26. The summed E-state index contributed by atoms with van der Waals surface area (Å²) in [5.74, 6) is 0.935. The van der Waals surface area contributed by atoms with E-state index >= 15 is 0 Å². The molecule has 4 rings (SSSR count). The molecule has 7 heteroatoms. The zero-order valence-electron chi connectivity index (χ0n) is 17.8. The summed E-state index contributed by atoms with van der Waals surface area (Å²) in [4.78, 5) is 14.7. The highest BCUT2D eigenvalue weighted by Gasteiger charge is 2.30. The molecule has 0 spiro atoms. The number of likely N-dealkylation sites (N-methyl/N-ethyl adjacent to an activating group) is 1. The van der Waals surface area contributed by atoms with Gasteiger partial charge < -0.3 is 9.47 Å². The van der Waals surface area contributed by atoms with Crippen molar-refractivity contribution in [3.63, 3.8) is 0 Å². The van der Waals surface area contributed by atoms with Crippen molar-refractivity contribution in [1.82, 2.24) is 4.90 Å². The van der Waals surface area contributed by atoms with Gasteiger partial charge in [0.15, 0.2) is 11.5 Å². The molecule has 0 atom stereocenters. The summed E-state index contributed by atoms with van der Waals surface area (Å²) >= 11 is 13.2. The van der Waals surface area contributed by atoms with E-state index in [4.69, 9.17) is 33.3 Å². The molecule has 3 aromatic rings. The first-order chi connectivity index (χ1) is 15.5. The third-order valence-corrected chi connectivity index (χ3v) is 6.73. The minimum atomic E-state index is -0.0899. The smallest absolute Gasteiger partial charge is 0.266 e. The second kappa shape index (κ2) is 9.94. The van der Waals surface area contributed by atoms with Crippen LogP contribution in [0.15, 0.2) is 59.5 Å². The summed E-state index contributed by atoms with van der Waals surface area (Å²) in [7, 11) is 0. The number of hydrogen-bond donors (Lipinski definition) is 0. The van der Waals surface area contributed by atoms with E-state index in [1.54, 1.807) is 17.0 Å². The van der Waals surface area contributed by atoms with Gasteiger partial charge in [0, 0.05) is 6.54 Å². The molecule has 32 heavy (non-hydrogen) atoms. The van der Waals surface area contributed by atoms with Gasteiger partial charge in [-0.05, 0) is 54.0 Å². The Bertz CT molecular complexity index is 1220. The predicted octanol–water partition coefficient (Wildman–Crippen LogP) is 6.69. The lowest BCUT2D eigenvalue weighted by Crippen LogP contribution is -2.27. The molecule has 0 saturated carbocycles. The van der Waals surface area contributed by atoms with Crippen molar-refractivity contribution in [1.29, 1.82) is 0 Å². The molecule has 1 fully saturated rings. The van der Waals surface area contributed by atoms with Crippen molar-refractivity contribution in [3.8, 4) is 11.5 Å². The maximum atomic E-state index is 12.5. The molecule has 1 saturated heterocycles. The van der Waals surface area contributed by atoms with Crippen molar-refractivity contribution in [2.75, 3.05) is 13.2 Å². The van der Waals surface area contributed by atoms with Crippen molar-refractivity contribution < 1.29 is 14.3 Å². The van der Waals surface area contributed by atoms with E-state index in [0.29, 0.717) is 45.5 Å². The van der Waals surface area contributed by atoms with Crippen LogP contribution in [-0.2, 0) is 11.4 Å². The molecule has 1 amide bonds. The third-order valence-electron chi connectivity index (χ3n) is 5.07. The molecule has 1 aliphatic heterocycles. The average molecular weight is 484 g/mol. The number of hydrogen-bond acceptors (Lipinski definition) is 5. The molecule has 0 aliphatic carbocycles. The average Bonchev–Trinajstić information content (AvgIpc) is 3.05. The first-order valence-corrected chi connectivity index (χ1v) is 11.9. The molecule has 1 heterocycles. The Balaban J connectivity index is 1.63. The number of amides is 1. The van der Waals surface area contributed by atoms with Gasteiger partial charge in [-0.1, -0.05) is 78.0 Å². The number of nitrogens with zero attached hydrogens (tertiary/aromatic N) is 1. The van der Waals surface area contributed by atoms with Crippen LogP contribution in [0.25, 0.3) is 16.8 Å². The maximum Gasteiger partial charge on any atom is 0.266 e. The topological polar surface area (TPSA) is 38.8 Å². The zero-order valence-corrected chi connectivity index (χ0v) is 20.2. The van der Waals surface area contributed by atoms with Crippen molar-refractivity contribution in [2.24, 2.45) is 0 Å². The fourth-order valence-corrected chi connectivity index (χ4v) is 5.22. The summed E-state index contributed by atoms with van der Waals surface area (Å²) in [5.41, 5.74) is 1.82. The lowest BCUT2D eigenvalue weighted by Gasteiger charge is -2.15. The van der Waals surface area contributed by atoms with Gasteiger partial charge in [0.1, 0.15) is 10.9 Å². The fraction of sp³-hybridized carbons (Fsp3) is 0.200. The minimum Gasteiger partial charge on any atom is -0.490 e. The Morgan fingerprint density at radius 3 is 2.62 bits per heavy atom. The molecule has 3 aromatic carbocycles. The minimum absolute atomic E-state index is 0.0899. The van der Waals surface area contributed by atoms with Crippen molar-refractivity contribution >= 4 is 62.7 Å². The van der Waals surface area contributed by atoms with Crippen LogP contribution >= 0.6 is 35.6 Å². The van der Waals surface area contributed by atoms with Gasteiger partial charge in [0.25, 0.3) is 5.91 Å². The van der Waals surface area contributed by atoms with Crippen LogP contribution in [0.2, 0.25) is 5.02 Å². The fourth-order valence-electron chi connectivity index (χ4n) is 3.57. The molecule has 4 nitrogen and oxygen atoms in total. The highest BCUT2D eigenvalue weighted by atomic mass is 35.5. The number of rotatable bonds is 7. The summed E-state index contributed by atoms with van der Waals surface area (Å²) in [6, 6.07) is 17.9. The molecule has 0 aromatic heterocycles. The van der Waals surface area contributed by atoms with Crippen molar-refractivity contribution in [3.05, 3.63) is 75.7 Å². The van der Waals surface area contributed by atoms with Crippen LogP contribution in [0, 0.1) is 0 Å². The Labute approximate surface area is 202 Å². The Morgan fingerprint density at radius 1 is 1.09 bits per heavy atom. The molecular weight excluding hydrogens is 462 g/mol. The van der Waals surface area contributed by atoms with Gasteiger partial charge in [-0.2, -0.15) is 0 Å². The Kier molecular flexibility index (Phi) is 7.04. The number of thiocarbonyl (C=S) groups is 1. The van der Waals surface area contributed by atoms with Crippen LogP contribution in [-0.4, -0.2) is 28.3 Å². The van der Waals surface area contributed by atoms with Crippen molar-refractivity contribution in [2.45, 2.75) is 20.5 Å². The van der Waals surface area contributed by atoms with Crippen LogP contribution in [0.3, 0.4) is 0 Å². The van der Waals surface area contributed by atoms with E-state index < -0.39 is 0 Å². The summed E-state index contributed by atoms with van der Waals surface area (Å²) < 4.78 is 12.5. The first-order valence-electron chi connectivity index (χ1n) is 10.3. The van der Waals surface area contributed by atoms with Crippen LogP contribution < -0.4 is 9.47 Å². The monoisotopic (exact) mass is 483 g/mol. The van der Waals surface area contributed by atoms with Crippen LogP contribution in [0.1, 0.15) is 25.0 Å². The van der Waals surface area contributed by atoms with Gasteiger partial charge >= 0.3 is 0 Å². The van der Waals surface area contributed by atoms with Gasteiger partial charge in [0.05, 0.1) is 16.5 Å². The molecule has 0 radical (unpaired) electrons. The molecule has 0 N–H and O–H groups in total. The standard InChI is InChI=1S/C25H22ClNO3S2/c1-3-27-24(28)22(32-25(27)31)14-16-12-20(26)23(21(13-16)29-4-2)30-15-18-10-7-9-17-8-5-6-11-19(17)18/h5-14H,3-4,15H2,1-2H3. The number of ether oxygens (including phenoxy) is 2. The number of thioether (sulfide) groups is 1. The predicted molar refractivity (Wildman–Crippen MR) is 136 cm³/mol. The van der Waals surface area contributed by atoms with E-state index in [-0.39, 0.29) is 5.91 Å². The quantitative estimate of drug-likeness (QED) is 0.276. The lowest BCUT2D eigenvalue weighted by molar-refractivity contribution is -0.121. The molecule has 1 aliphatic rings. The SMILES string of the molecule is CCOc1cc(C=C2SC(=S)N(CC)C2=O)cc(Cl)c1OCc1cccc2ccccc12. The van der Waals surface area contributed by atoms with E-state index in [1.807, 2.05) is 44.2 Å². The normalized spacial score (nSPS) is 15.1. The largest absolute Gasteiger partial charge is 0.490 e. The van der Waals surface area contributed by atoms with E-state index in [2.05, 4.69) is 18.2 Å². The second-order valence-electron chi connectivity index (χ2n) is 7.12. The maximum absolute atomic E-state index is 12.5. The van der Waals surface area contributed by atoms with E-state index in [9.17, 15) is 4.79 Å². The third kappa shape index (κ3) is 4.63. The highest BCUT2D eigenvalue weighted by Crippen LogP contribution is 2.39. The number of benzene rings is 3. The summed E-state index contributed by atoms with van der Waals surface area (Å²) in [6.07, 6.45) is 1.79. The summed E-state index contributed by atoms with van der Waals surface area (Å²) in [5, 5.41) is 2.72. The number of fused-ring (bicyclic) bond motifs is 1. The lowest BCUT2D eigenvalue weighted by atomic mass is 10.1. The molecule has 0 bridgehead atoms. The second-order valence-corrected chi connectivity index (χ2v) is 9.20. The van der Waals surface area contributed by atoms with E-state index in [0.717, 1.165) is 21.9 Å². The number of halogens is 1. The van der Waals surface area contributed by atoms with Gasteiger partial charge in [0.2, 0.25) is 0 Å². The zero-order chi connectivity index (χ0) is 22.7. The molecular formula is C25H22ClNO3S2. The van der Waals surface area contributed by atoms with Gasteiger partial charge in [-0.15, -0.1) is 0 Å². The Morgan fingerprint density at radius 2 is 1.88 bits per heavy atom. The van der Waals surface area contributed by atoms with Crippen LogP contribution in [0.5, 0.6) is 11.5 Å². The molecule has 164 valence electrons. The first kappa shape index (κ1) is 22.6. The van der Waals surface area contributed by atoms with E-state index in [1.165, 1.54) is 11.8 Å². The van der Waals surface area contributed by atoms with Gasteiger partial charge in [-0.3, -0.25) is 9.69 Å². The van der Waals surface area contributed by atoms with Gasteiger partial charge in [-0.25, -0.2) is 0 Å². The number of carbonyl (C=O) groups excluding carboxylic acids is 1. The Hall–Kier alpha value is -2.54. The van der Waals surface area contributed by atoms with Crippen LogP contribution in [0.4, 0.5) is 0 Å². The number of carbonyl (C=O) groups is 1. The molecule has 0 unspecified atom stereocenters.